The average Bonchev–Trinajstić information content (AvgIpc) is 3.12. The fourth-order valence-corrected chi connectivity index (χ4v) is 4.07. The maximum atomic E-state index is 9.87. The van der Waals surface area contributed by atoms with E-state index in [4.69, 9.17) is 19.1 Å². The lowest BCUT2D eigenvalue weighted by Crippen LogP contribution is -2.50. The summed E-state index contributed by atoms with van der Waals surface area (Å²) in [5.74, 6) is -0.620. The van der Waals surface area contributed by atoms with Gasteiger partial charge in [0.05, 0.1) is 32.5 Å². The lowest BCUT2D eigenvalue weighted by Gasteiger charge is -2.43. The molecule has 1 unspecified atom stereocenters. The molecule has 1 aliphatic carbocycles. The van der Waals surface area contributed by atoms with E-state index in [1.165, 1.54) is 0 Å². The van der Waals surface area contributed by atoms with E-state index in [9.17, 15) is 10.4 Å². The van der Waals surface area contributed by atoms with Crippen molar-refractivity contribution in [2.24, 2.45) is 5.92 Å². The number of hydrogen-bond donors (Lipinski definition) is 2. The maximum Gasteiger partial charge on any atom is 0.165 e. The fourth-order valence-electron chi connectivity index (χ4n) is 4.07. The van der Waals surface area contributed by atoms with Gasteiger partial charge in [0.2, 0.25) is 0 Å². The highest BCUT2D eigenvalue weighted by atomic mass is 17.1. The minimum absolute atomic E-state index is 0.0309. The highest BCUT2D eigenvalue weighted by molar-refractivity contribution is 5.13. The number of benzene rings is 1. The highest BCUT2D eigenvalue weighted by Gasteiger charge is 2.46. The Morgan fingerprint density at radius 2 is 1.92 bits per heavy atom. The van der Waals surface area contributed by atoms with E-state index in [2.05, 4.69) is 0 Å². The summed E-state index contributed by atoms with van der Waals surface area (Å²) in [6.07, 6.45) is 3.52. The van der Waals surface area contributed by atoms with Crippen LogP contribution in [0.3, 0.4) is 0 Å². The van der Waals surface area contributed by atoms with Gasteiger partial charge < -0.3 is 19.3 Å². The molecule has 1 aliphatic heterocycles. The van der Waals surface area contributed by atoms with Crippen molar-refractivity contribution in [2.75, 3.05) is 19.8 Å². The Morgan fingerprint density at radius 1 is 1.19 bits per heavy atom. The van der Waals surface area contributed by atoms with Crippen LogP contribution in [0.5, 0.6) is 0 Å². The summed E-state index contributed by atoms with van der Waals surface area (Å²) in [6, 6.07) is 10.1. The summed E-state index contributed by atoms with van der Waals surface area (Å²) in [4.78, 5) is 4.81. The molecule has 0 spiro atoms. The molecule has 6 heteroatoms. The van der Waals surface area contributed by atoms with Gasteiger partial charge in [-0.3, -0.25) is 5.26 Å². The van der Waals surface area contributed by atoms with E-state index in [0.717, 1.165) is 24.8 Å². The van der Waals surface area contributed by atoms with E-state index in [1.54, 1.807) is 0 Å². The smallest absolute Gasteiger partial charge is 0.165 e. The summed E-state index contributed by atoms with van der Waals surface area (Å²) in [5, 5.41) is 19.4. The molecule has 2 N–H and O–H groups in total. The summed E-state index contributed by atoms with van der Waals surface area (Å²) in [7, 11) is 0. The Kier molecular flexibility index (Phi) is 6.66. The van der Waals surface area contributed by atoms with Gasteiger partial charge in [0.15, 0.2) is 5.79 Å². The normalized spacial score (nSPS) is 31.2. The predicted molar refractivity (Wildman–Crippen MR) is 95.4 cm³/mol. The molecule has 3 atom stereocenters. The van der Waals surface area contributed by atoms with E-state index < -0.39 is 11.4 Å². The second-order valence-electron chi connectivity index (χ2n) is 7.57. The van der Waals surface area contributed by atoms with Gasteiger partial charge in [0, 0.05) is 6.42 Å². The monoisotopic (exact) mass is 366 g/mol. The molecule has 1 saturated heterocycles. The molecule has 0 bridgehead atoms. The van der Waals surface area contributed by atoms with Gasteiger partial charge in [-0.15, -0.1) is 0 Å². The van der Waals surface area contributed by atoms with Crippen molar-refractivity contribution in [3.63, 3.8) is 0 Å². The second-order valence-corrected chi connectivity index (χ2v) is 7.57. The first kappa shape index (κ1) is 19.7. The molecule has 1 aromatic rings. The third kappa shape index (κ3) is 4.63. The van der Waals surface area contributed by atoms with Crippen molar-refractivity contribution in [1.29, 1.82) is 0 Å². The van der Waals surface area contributed by atoms with E-state index in [1.807, 2.05) is 37.3 Å². The first-order valence-electron chi connectivity index (χ1n) is 9.46. The standard InChI is InChI=1S/C20H30O6/c1-19(24-11-12-25-19)9-7-17-13-18(8-10-20(17,15-21)26-22)23-14-16-5-3-2-4-6-16/h2-6,17-18,21-22H,7-15H2,1H3/t17-,18-,20?/m0/s1. The van der Waals surface area contributed by atoms with E-state index in [-0.39, 0.29) is 18.6 Å². The van der Waals surface area contributed by atoms with Gasteiger partial charge in [0.25, 0.3) is 0 Å². The van der Waals surface area contributed by atoms with Crippen molar-refractivity contribution < 1.29 is 29.5 Å². The van der Waals surface area contributed by atoms with Crippen molar-refractivity contribution in [1.82, 2.24) is 0 Å². The predicted octanol–water partition coefficient (Wildman–Crippen LogP) is 3.14. The molecule has 1 heterocycles. The molecule has 1 aromatic carbocycles. The minimum atomic E-state index is -0.929. The van der Waals surface area contributed by atoms with Gasteiger partial charge in [-0.25, -0.2) is 4.89 Å². The zero-order valence-corrected chi connectivity index (χ0v) is 15.4. The molecule has 2 fully saturated rings. The van der Waals surface area contributed by atoms with Crippen molar-refractivity contribution in [3.8, 4) is 0 Å². The number of hydrogen-bond acceptors (Lipinski definition) is 6. The lowest BCUT2D eigenvalue weighted by molar-refractivity contribution is -0.357. The zero-order valence-electron chi connectivity index (χ0n) is 15.4. The largest absolute Gasteiger partial charge is 0.393 e. The van der Waals surface area contributed by atoms with E-state index >= 15 is 0 Å². The molecule has 2 aliphatic rings. The number of aliphatic hydroxyl groups excluding tert-OH is 1. The molecular formula is C20H30O6. The molecule has 3 rings (SSSR count). The Bertz CT molecular complexity index is 538. The van der Waals surface area contributed by atoms with Gasteiger partial charge >= 0.3 is 0 Å². The first-order chi connectivity index (χ1) is 12.6. The van der Waals surface area contributed by atoms with Crippen LogP contribution in [0.15, 0.2) is 30.3 Å². The summed E-state index contributed by atoms with van der Waals surface area (Å²) in [5.41, 5.74) is 0.211. The van der Waals surface area contributed by atoms with Gasteiger partial charge in [0.1, 0.15) is 5.60 Å². The Hall–Kier alpha value is -1.02. The molecular weight excluding hydrogens is 336 g/mol. The van der Waals surface area contributed by atoms with Crippen molar-refractivity contribution in [3.05, 3.63) is 35.9 Å². The number of aliphatic hydroxyl groups is 1. The Balaban J connectivity index is 1.59. The van der Waals surface area contributed by atoms with Crippen LogP contribution in [0.1, 0.15) is 44.6 Å². The molecule has 0 radical (unpaired) electrons. The topological polar surface area (TPSA) is 77.4 Å². The quantitative estimate of drug-likeness (QED) is 0.544. The average molecular weight is 366 g/mol. The molecule has 0 aromatic heterocycles. The van der Waals surface area contributed by atoms with Crippen LogP contribution < -0.4 is 0 Å². The van der Waals surface area contributed by atoms with Gasteiger partial charge in [-0.05, 0) is 44.1 Å². The van der Waals surface area contributed by atoms with Crippen LogP contribution in [-0.2, 0) is 25.7 Å². The first-order valence-corrected chi connectivity index (χ1v) is 9.46. The van der Waals surface area contributed by atoms with Gasteiger partial charge in [-0.2, -0.15) is 0 Å². The van der Waals surface area contributed by atoms with Crippen LogP contribution in [0.2, 0.25) is 0 Å². The summed E-state index contributed by atoms with van der Waals surface area (Å²) < 4.78 is 17.5. The third-order valence-electron chi connectivity index (χ3n) is 5.80. The second kappa shape index (κ2) is 8.78. The van der Waals surface area contributed by atoms with Gasteiger partial charge in [-0.1, -0.05) is 30.3 Å². The zero-order chi connectivity index (χ0) is 18.5. The molecule has 1 saturated carbocycles. The number of ether oxygens (including phenoxy) is 3. The Morgan fingerprint density at radius 3 is 2.58 bits per heavy atom. The highest BCUT2D eigenvalue weighted by Crippen LogP contribution is 2.42. The summed E-state index contributed by atoms with van der Waals surface area (Å²) >= 11 is 0. The van der Waals surface area contributed by atoms with E-state index in [0.29, 0.717) is 32.7 Å². The van der Waals surface area contributed by atoms with Crippen molar-refractivity contribution in [2.45, 2.75) is 63.1 Å². The molecule has 26 heavy (non-hydrogen) atoms. The SMILES string of the molecule is CC1(CC[C@H]2C[C@@H](OCc3ccccc3)CCC2(CO)OO)OCCO1. The molecule has 146 valence electrons. The fraction of sp³-hybridized carbons (Fsp3) is 0.700. The lowest BCUT2D eigenvalue weighted by atomic mass is 9.72. The minimum Gasteiger partial charge on any atom is -0.393 e. The Labute approximate surface area is 155 Å². The van der Waals surface area contributed by atoms with Crippen LogP contribution in [-0.4, -0.2) is 47.7 Å². The van der Waals surface area contributed by atoms with Crippen LogP contribution in [0.25, 0.3) is 0 Å². The van der Waals surface area contributed by atoms with Crippen molar-refractivity contribution >= 4 is 0 Å². The third-order valence-corrected chi connectivity index (χ3v) is 5.80. The van der Waals surface area contributed by atoms with Crippen LogP contribution >= 0.6 is 0 Å². The summed E-state index contributed by atoms with van der Waals surface area (Å²) in [6.45, 7) is 3.50. The van der Waals surface area contributed by atoms with Crippen LogP contribution in [0.4, 0.5) is 0 Å². The molecule has 0 amide bonds. The molecule has 6 nitrogen and oxygen atoms in total. The maximum absolute atomic E-state index is 9.87. The number of rotatable bonds is 8. The van der Waals surface area contributed by atoms with Crippen LogP contribution in [0, 0.1) is 5.92 Å².